The number of hydrogen-bond donors (Lipinski definition) is 2. The number of aliphatic imine (C=N–C) groups is 1. The molecule has 1 aromatic heterocycles. The molecule has 2 N–H and O–H groups in total. The third kappa shape index (κ3) is 5.11. The molecule has 0 aliphatic rings. The van der Waals surface area contributed by atoms with Crippen molar-refractivity contribution in [2.45, 2.75) is 13.5 Å². The monoisotopic (exact) mass is 318 g/mol. The normalized spacial score (nSPS) is 11.5. The van der Waals surface area contributed by atoms with E-state index in [1.807, 2.05) is 36.4 Å². The van der Waals surface area contributed by atoms with Gasteiger partial charge in [-0.1, -0.05) is 35.5 Å². The van der Waals surface area contributed by atoms with E-state index >= 15 is 0 Å². The van der Waals surface area contributed by atoms with Crippen molar-refractivity contribution in [2.75, 3.05) is 25.1 Å². The van der Waals surface area contributed by atoms with Gasteiger partial charge >= 0.3 is 0 Å². The first kappa shape index (κ1) is 16.4. The first-order valence-corrected chi connectivity index (χ1v) is 8.75. The van der Waals surface area contributed by atoms with Crippen molar-refractivity contribution in [2.24, 2.45) is 4.99 Å². The van der Waals surface area contributed by atoms with Crippen LogP contribution in [0.25, 0.3) is 11.3 Å². The molecule has 2 rings (SSSR count). The quantitative estimate of drug-likeness (QED) is 0.467. The van der Waals surface area contributed by atoms with Gasteiger partial charge in [0.1, 0.15) is 5.69 Å². The van der Waals surface area contributed by atoms with E-state index in [-0.39, 0.29) is 0 Å². The van der Waals surface area contributed by atoms with Gasteiger partial charge in [-0.2, -0.15) is 11.8 Å². The van der Waals surface area contributed by atoms with Crippen LogP contribution in [0.4, 0.5) is 0 Å². The molecule has 5 nitrogen and oxygen atoms in total. The van der Waals surface area contributed by atoms with Crippen LogP contribution < -0.4 is 10.6 Å². The first-order valence-electron chi connectivity index (χ1n) is 7.35. The summed E-state index contributed by atoms with van der Waals surface area (Å²) in [7, 11) is 0. The lowest BCUT2D eigenvalue weighted by molar-refractivity contribution is 0.424. The van der Waals surface area contributed by atoms with Crippen molar-refractivity contribution in [1.29, 1.82) is 0 Å². The second kappa shape index (κ2) is 9.15. The van der Waals surface area contributed by atoms with Gasteiger partial charge in [0.05, 0.1) is 6.54 Å². The van der Waals surface area contributed by atoms with Crippen LogP contribution in [0, 0.1) is 0 Å². The van der Waals surface area contributed by atoms with Gasteiger partial charge < -0.3 is 15.2 Å². The molecular formula is C16H22N4OS. The van der Waals surface area contributed by atoms with E-state index in [0.717, 1.165) is 41.8 Å². The van der Waals surface area contributed by atoms with Crippen LogP contribution in [0.3, 0.4) is 0 Å². The highest BCUT2D eigenvalue weighted by molar-refractivity contribution is 7.98. The number of hydrogen-bond acceptors (Lipinski definition) is 4. The molecular weight excluding hydrogens is 296 g/mol. The summed E-state index contributed by atoms with van der Waals surface area (Å²) in [6, 6.07) is 11.9. The molecule has 1 heterocycles. The average Bonchev–Trinajstić information content (AvgIpc) is 3.03. The summed E-state index contributed by atoms with van der Waals surface area (Å²) >= 11 is 1.80. The molecule has 2 aromatic rings. The number of rotatable bonds is 7. The maximum absolute atomic E-state index is 5.38. The van der Waals surface area contributed by atoms with E-state index < -0.39 is 0 Å². The fourth-order valence-electron chi connectivity index (χ4n) is 1.90. The van der Waals surface area contributed by atoms with Crippen LogP contribution in [-0.4, -0.2) is 36.2 Å². The van der Waals surface area contributed by atoms with Gasteiger partial charge in [-0.15, -0.1) is 0 Å². The third-order valence-corrected chi connectivity index (χ3v) is 3.57. The second-order valence-electron chi connectivity index (χ2n) is 4.66. The number of aromatic nitrogens is 1. The highest BCUT2D eigenvalue weighted by atomic mass is 32.2. The molecule has 0 atom stereocenters. The summed E-state index contributed by atoms with van der Waals surface area (Å²) < 4.78 is 5.38. The molecule has 0 amide bonds. The highest BCUT2D eigenvalue weighted by Crippen LogP contribution is 2.19. The molecule has 0 aliphatic carbocycles. The zero-order chi connectivity index (χ0) is 15.6. The minimum Gasteiger partial charge on any atom is -0.357 e. The second-order valence-corrected chi connectivity index (χ2v) is 5.65. The lowest BCUT2D eigenvalue weighted by Gasteiger charge is -2.09. The molecule has 0 saturated heterocycles. The standard InChI is InChI=1S/C16H22N4OS/c1-3-17-16(18-9-10-22-2)19-12-14-11-15(21-20-14)13-7-5-4-6-8-13/h4-8,11H,3,9-10,12H2,1-2H3,(H2,17,18,19). The predicted octanol–water partition coefficient (Wildman–Crippen LogP) is 2.76. The smallest absolute Gasteiger partial charge is 0.191 e. The Morgan fingerprint density at radius 3 is 2.82 bits per heavy atom. The molecule has 6 heteroatoms. The van der Waals surface area contributed by atoms with Crippen LogP contribution in [0.5, 0.6) is 0 Å². The third-order valence-electron chi connectivity index (χ3n) is 2.96. The van der Waals surface area contributed by atoms with Crippen molar-refractivity contribution < 1.29 is 4.52 Å². The Balaban J connectivity index is 1.97. The van der Waals surface area contributed by atoms with Crippen LogP contribution in [0.15, 0.2) is 45.9 Å². The fraction of sp³-hybridized carbons (Fsp3) is 0.375. The maximum Gasteiger partial charge on any atom is 0.191 e. The van der Waals surface area contributed by atoms with Crippen molar-refractivity contribution in [1.82, 2.24) is 15.8 Å². The summed E-state index contributed by atoms with van der Waals surface area (Å²) in [6.45, 7) is 4.26. The van der Waals surface area contributed by atoms with E-state index in [0.29, 0.717) is 6.54 Å². The van der Waals surface area contributed by atoms with Crippen LogP contribution in [0.2, 0.25) is 0 Å². The lowest BCUT2D eigenvalue weighted by atomic mass is 10.2. The Labute approximate surface area is 135 Å². The largest absolute Gasteiger partial charge is 0.357 e. The van der Waals surface area contributed by atoms with Crippen LogP contribution in [0.1, 0.15) is 12.6 Å². The Morgan fingerprint density at radius 1 is 1.27 bits per heavy atom. The van der Waals surface area contributed by atoms with Crippen molar-refractivity contribution >= 4 is 17.7 Å². The van der Waals surface area contributed by atoms with Crippen molar-refractivity contribution in [3.8, 4) is 11.3 Å². The first-order chi connectivity index (χ1) is 10.8. The summed E-state index contributed by atoms with van der Waals surface area (Å²) in [5, 5.41) is 10.6. The minimum atomic E-state index is 0.491. The molecule has 1 aromatic carbocycles. The summed E-state index contributed by atoms with van der Waals surface area (Å²) in [6.07, 6.45) is 2.09. The summed E-state index contributed by atoms with van der Waals surface area (Å²) in [5.41, 5.74) is 1.84. The topological polar surface area (TPSA) is 62.5 Å². The molecule has 0 fully saturated rings. The molecule has 0 bridgehead atoms. The maximum atomic E-state index is 5.38. The van der Waals surface area contributed by atoms with Crippen LogP contribution in [-0.2, 0) is 6.54 Å². The molecule has 22 heavy (non-hydrogen) atoms. The fourth-order valence-corrected chi connectivity index (χ4v) is 2.20. The van der Waals surface area contributed by atoms with Gasteiger partial charge in [0.25, 0.3) is 0 Å². The van der Waals surface area contributed by atoms with Crippen molar-refractivity contribution in [3.05, 3.63) is 42.1 Å². The Bertz CT molecular complexity index is 583. The Hall–Kier alpha value is -1.95. The predicted molar refractivity (Wildman–Crippen MR) is 93.1 cm³/mol. The highest BCUT2D eigenvalue weighted by Gasteiger charge is 2.06. The zero-order valence-electron chi connectivity index (χ0n) is 13.0. The van der Waals surface area contributed by atoms with E-state index in [2.05, 4.69) is 34.0 Å². The van der Waals surface area contributed by atoms with E-state index in [1.165, 1.54) is 0 Å². The molecule has 118 valence electrons. The van der Waals surface area contributed by atoms with Gasteiger partial charge in [0.2, 0.25) is 0 Å². The number of nitrogens with zero attached hydrogens (tertiary/aromatic N) is 2. The van der Waals surface area contributed by atoms with Gasteiger partial charge in [-0.05, 0) is 13.2 Å². The number of thioether (sulfide) groups is 1. The number of nitrogens with one attached hydrogen (secondary N) is 2. The SMILES string of the molecule is CCNC(=NCc1cc(-c2ccccc2)on1)NCCSC. The number of benzene rings is 1. The molecule has 0 unspecified atom stereocenters. The molecule has 0 aliphatic heterocycles. The van der Waals surface area contributed by atoms with Gasteiger partial charge in [0, 0.05) is 30.5 Å². The summed E-state index contributed by atoms with van der Waals surface area (Å²) in [4.78, 5) is 4.53. The average molecular weight is 318 g/mol. The lowest BCUT2D eigenvalue weighted by Crippen LogP contribution is -2.38. The van der Waals surface area contributed by atoms with Gasteiger partial charge in [-0.3, -0.25) is 0 Å². The van der Waals surface area contributed by atoms with Gasteiger partial charge in [-0.25, -0.2) is 4.99 Å². The van der Waals surface area contributed by atoms with E-state index in [4.69, 9.17) is 4.52 Å². The van der Waals surface area contributed by atoms with Crippen molar-refractivity contribution in [3.63, 3.8) is 0 Å². The Morgan fingerprint density at radius 2 is 2.09 bits per heavy atom. The Kier molecular flexibility index (Phi) is 6.83. The molecule has 0 saturated carbocycles. The van der Waals surface area contributed by atoms with E-state index in [1.54, 1.807) is 11.8 Å². The van der Waals surface area contributed by atoms with Crippen LogP contribution >= 0.6 is 11.8 Å². The molecule has 0 spiro atoms. The summed E-state index contributed by atoms with van der Waals surface area (Å²) in [5.74, 6) is 2.62. The van der Waals surface area contributed by atoms with E-state index in [9.17, 15) is 0 Å². The molecule has 0 radical (unpaired) electrons. The zero-order valence-corrected chi connectivity index (χ0v) is 13.8. The number of guanidine groups is 1. The minimum absolute atomic E-state index is 0.491. The van der Waals surface area contributed by atoms with Gasteiger partial charge in [0.15, 0.2) is 11.7 Å².